The van der Waals surface area contributed by atoms with E-state index >= 15 is 0 Å². The summed E-state index contributed by atoms with van der Waals surface area (Å²) in [6, 6.07) is 10.9. The zero-order valence-corrected chi connectivity index (χ0v) is 14.3. The Morgan fingerprint density at radius 2 is 1.96 bits per heavy atom. The van der Waals surface area contributed by atoms with Gasteiger partial charge in [-0.2, -0.15) is 0 Å². The number of likely N-dealkylation sites (N-methyl/N-ethyl adjacent to an activating group) is 1. The van der Waals surface area contributed by atoms with E-state index in [1.807, 2.05) is 0 Å². The van der Waals surface area contributed by atoms with Crippen LogP contribution < -0.4 is 5.32 Å². The van der Waals surface area contributed by atoms with Crippen molar-refractivity contribution < 1.29 is 9.18 Å². The molecule has 0 bridgehead atoms. The van der Waals surface area contributed by atoms with Crippen LogP contribution in [0.2, 0.25) is 10.0 Å². The Bertz CT molecular complexity index is 709. The molecule has 0 aromatic heterocycles. The molecule has 0 aliphatic heterocycles. The lowest BCUT2D eigenvalue weighted by molar-refractivity contribution is -0.120. The van der Waals surface area contributed by atoms with Crippen molar-refractivity contribution in [1.82, 2.24) is 4.90 Å². The molecule has 0 saturated heterocycles. The number of amides is 1. The quantitative estimate of drug-likeness (QED) is 0.851. The summed E-state index contributed by atoms with van der Waals surface area (Å²) in [7, 11) is 1.76. The summed E-state index contributed by atoms with van der Waals surface area (Å²) in [6.07, 6.45) is 0. The number of carbonyl (C=O) groups is 1. The van der Waals surface area contributed by atoms with E-state index in [0.29, 0.717) is 27.8 Å². The van der Waals surface area contributed by atoms with Crippen molar-refractivity contribution >= 4 is 34.8 Å². The maximum atomic E-state index is 13.7. The van der Waals surface area contributed by atoms with E-state index in [9.17, 15) is 9.18 Å². The van der Waals surface area contributed by atoms with Crippen molar-refractivity contribution in [2.45, 2.75) is 19.5 Å². The van der Waals surface area contributed by atoms with Gasteiger partial charge in [-0.1, -0.05) is 41.4 Å². The molecule has 0 spiro atoms. The van der Waals surface area contributed by atoms with Gasteiger partial charge >= 0.3 is 0 Å². The topological polar surface area (TPSA) is 32.3 Å². The van der Waals surface area contributed by atoms with Crippen LogP contribution >= 0.6 is 23.2 Å². The highest BCUT2D eigenvalue weighted by atomic mass is 35.5. The fourth-order valence-corrected chi connectivity index (χ4v) is 2.52. The number of carbonyl (C=O) groups excluding carboxylic acids is 1. The number of benzene rings is 2. The molecule has 0 aliphatic carbocycles. The highest BCUT2D eigenvalue weighted by Gasteiger charge is 2.20. The van der Waals surface area contributed by atoms with Crippen LogP contribution in [0.25, 0.3) is 0 Å². The van der Waals surface area contributed by atoms with Crippen molar-refractivity contribution in [3.05, 3.63) is 63.9 Å². The van der Waals surface area contributed by atoms with Gasteiger partial charge in [-0.05, 0) is 38.2 Å². The molecule has 1 unspecified atom stereocenters. The van der Waals surface area contributed by atoms with Crippen molar-refractivity contribution in [2.75, 3.05) is 12.4 Å². The number of anilines is 1. The lowest BCUT2D eigenvalue weighted by Gasteiger charge is -2.24. The van der Waals surface area contributed by atoms with Crippen molar-refractivity contribution in [1.29, 1.82) is 0 Å². The Kier molecular flexibility index (Phi) is 5.99. The van der Waals surface area contributed by atoms with E-state index in [-0.39, 0.29) is 11.7 Å². The van der Waals surface area contributed by atoms with E-state index in [0.717, 1.165) is 0 Å². The largest absolute Gasteiger partial charge is 0.323 e. The number of halogens is 3. The average molecular weight is 355 g/mol. The van der Waals surface area contributed by atoms with Gasteiger partial charge in [0.2, 0.25) is 5.91 Å². The van der Waals surface area contributed by atoms with Crippen LogP contribution in [-0.2, 0) is 11.3 Å². The first-order valence-corrected chi connectivity index (χ1v) is 7.83. The van der Waals surface area contributed by atoms with Crippen LogP contribution in [0.15, 0.2) is 42.5 Å². The van der Waals surface area contributed by atoms with Gasteiger partial charge in [0.15, 0.2) is 0 Å². The Labute approximate surface area is 145 Å². The Hall–Kier alpha value is -1.62. The number of nitrogens with zero attached hydrogens (tertiary/aromatic N) is 1. The molecule has 3 nitrogen and oxygen atoms in total. The molecular weight excluding hydrogens is 338 g/mol. The van der Waals surface area contributed by atoms with Crippen molar-refractivity contribution in [3.8, 4) is 0 Å². The minimum Gasteiger partial charge on any atom is -0.323 e. The van der Waals surface area contributed by atoms with Crippen LogP contribution in [0.3, 0.4) is 0 Å². The average Bonchev–Trinajstić information content (AvgIpc) is 2.51. The van der Waals surface area contributed by atoms with E-state index < -0.39 is 6.04 Å². The molecule has 0 saturated carbocycles. The van der Waals surface area contributed by atoms with Crippen LogP contribution in [0.4, 0.5) is 10.1 Å². The third-order valence-electron chi connectivity index (χ3n) is 3.61. The standard InChI is InChI=1S/C17H17Cl2FN2O/c1-11(22(2)10-12-5-3-4-6-15(12)20)17(23)21-16-8-7-13(18)9-14(16)19/h3-9,11H,10H2,1-2H3,(H,21,23). The molecule has 1 amide bonds. The maximum absolute atomic E-state index is 13.7. The Balaban J connectivity index is 2.02. The summed E-state index contributed by atoms with van der Waals surface area (Å²) in [4.78, 5) is 14.1. The number of rotatable bonds is 5. The lowest BCUT2D eigenvalue weighted by Crippen LogP contribution is -2.39. The van der Waals surface area contributed by atoms with Crippen molar-refractivity contribution in [2.24, 2.45) is 0 Å². The SMILES string of the molecule is CC(C(=O)Nc1ccc(Cl)cc1Cl)N(C)Cc1ccccc1F. The van der Waals surface area contributed by atoms with E-state index in [2.05, 4.69) is 5.32 Å². The highest BCUT2D eigenvalue weighted by molar-refractivity contribution is 6.36. The zero-order valence-electron chi connectivity index (χ0n) is 12.8. The Morgan fingerprint density at radius 3 is 2.61 bits per heavy atom. The van der Waals surface area contributed by atoms with Crippen molar-refractivity contribution in [3.63, 3.8) is 0 Å². The molecule has 1 N–H and O–H groups in total. The normalized spacial score (nSPS) is 12.3. The van der Waals surface area contributed by atoms with Crippen LogP contribution in [0.1, 0.15) is 12.5 Å². The van der Waals surface area contributed by atoms with Crippen LogP contribution in [0, 0.1) is 5.82 Å². The zero-order chi connectivity index (χ0) is 17.0. The van der Waals surface area contributed by atoms with Crippen LogP contribution in [0.5, 0.6) is 0 Å². The smallest absolute Gasteiger partial charge is 0.241 e. The predicted octanol–water partition coefficient (Wildman–Crippen LogP) is 4.59. The van der Waals surface area contributed by atoms with Gasteiger partial charge in [-0.3, -0.25) is 9.69 Å². The van der Waals surface area contributed by atoms with Gasteiger partial charge in [-0.25, -0.2) is 4.39 Å². The summed E-state index contributed by atoms with van der Waals surface area (Å²) < 4.78 is 13.7. The second-order valence-electron chi connectivity index (χ2n) is 5.30. The maximum Gasteiger partial charge on any atom is 0.241 e. The third-order valence-corrected chi connectivity index (χ3v) is 4.15. The second kappa shape index (κ2) is 7.77. The monoisotopic (exact) mass is 354 g/mol. The molecule has 1 atom stereocenters. The van der Waals surface area contributed by atoms with Gasteiger partial charge in [0.1, 0.15) is 5.82 Å². The molecule has 6 heteroatoms. The minimum atomic E-state index is -0.457. The number of hydrogen-bond donors (Lipinski definition) is 1. The minimum absolute atomic E-state index is 0.229. The molecule has 0 aliphatic rings. The summed E-state index contributed by atoms with van der Waals surface area (Å²) >= 11 is 11.9. The molecule has 0 heterocycles. The molecule has 2 aromatic rings. The molecule has 23 heavy (non-hydrogen) atoms. The highest BCUT2D eigenvalue weighted by Crippen LogP contribution is 2.25. The fourth-order valence-electron chi connectivity index (χ4n) is 2.06. The summed E-state index contributed by atoms with van der Waals surface area (Å²) in [6.45, 7) is 2.08. The molecule has 0 fully saturated rings. The van der Waals surface area contributed by atoms with E-state index in [4.69, 9.17) is 23.2 Å². The van der Waals surface area contributed by atoms with Crippen LogP contribution in [-0.4, -0.2) is 23.9 Å². The van der Waals surface area contributed by atoms with Gasteiger partial charge < -0.3 is 5.32 Å². The predicted molar refractivity (Wildman–Crippen MR) is 92.4 cm³/mol. The van der Waals surface area contributed by atoms with E-state index in [1.165, 1.54) is 6.07 Å². The first kappa shape index (κ1) is 17.7. The van der Waals surface area contributed by atoms with Gasteiger partial charge in [-0.15, -0.1) is 0 Å². The summed E-state index contributed by atoms with van der Waals surface area (Å²) in [5.74, 6) is -0.513. The summed E-state index contributed by atoms with van der Waals surface area (Å²) in [5, 5.41) is 3.62. The molecule has 2 rings (SSSR count). The van der Waals surface area contributed by atoms with E-state index in [1.54, 1.807) is 55.3 Å². The third kappa shape index (κ3) is 4.67. The molecule has 0 radical (unpaired) electrons. The lowest BCUT2D eigenvalue weighted by atomic mass is 10.1. The second-order valence-corrected chi connectivity index (χ2v) is 6.14. The van der Waals surface area contributed by atoms with Gasteiger partial charge in [0, 0.05) is 17.1 Å². The molecule has 122 valence electrons. The Morgan fingerprint density at radius 1 is 1.26 bits per heavy atom. The number of nitrogens with one attached hydrogen (secondary N) is 1. The number of hydrogen-bond acceptors (Lipinski definition) is 2. The molecule has 2 aromatic carbocycles. The summed E-state index contributed by atoms with van der Waals surface area (Å²) in [5.41, 5.74) is 1.03. The molecular formula is C17H17Cl2FN2O. The first-order chi connectivity index (χ1) is 10.9. The van der Waals surface area contributed by atoms with Gasteiger partial charge in [0.05, 0.1) is 16.8 Å². The van der Waals surface area contributed by atoms with Gasteiger partial charge in [0.25, 0.3) is 0 Å². The fraction of sp³-hybridized carbons (Fsp3) is 0.235. The first-order valence-electron chi connectivity index (χ1n) is 7.08.